The molecular weight excluding hydrogens is 243 g/mol. The molecule has 3 nitrogen and oxygen atoms in total. The Kier molecular flexibility index (Phi) is 3.85. The number of hydrogen-bond donors (Lipinski definition) is 0. The lowest BCUT2D eigenvalue weighted by Crippen LogP contribution is -2.19. The molecule has 0 aliphatic heterocycles. The molecule has 0 saturated heterocycles. The van der Waals surface area contributed by atoms with Crippen molar-refractivity contribution in [3.05, 3.63) is 16.4 Å². The van der Waals surface area contributed by atoms with Crippen LogP contribution >= 0.6 is 11.6 Å². The van der Waals surface area contributed by atoms with Gasteiger partial charge in [-0.25, -0.2) is 0 Å². The highest BCUT2D eigenvalue weighted by atomic mass is 35.5. The zero-order chi connectivity index (χ0) is 12.5. The molecule has 1 aromatic heterocycles. The van der Waals surface area contributed by atoms with Gasteiger partial charge < -0.3 is 4.90 Å². The van der Waals surface area contributed by atoms with Crippen molar-refractivity contribution in [3.8, 4) is 0 Å². The van der Waals surface area contributed by atoms with Crippen molar-refractivity contribution in [2.75, 3.05) is 20.6 Å². The molecule has 92 valence electrons. The molecule has 0 aliphatic carbocycles. The van der Waals surface area contributed by atoms with E-state index >= 15 is 0 Å². The molecule has 0 aliphatic rings. The Morgan fingerprint density at radius 1 is 1.38 bits per heavy atom. The predicted molar refractivity (Wildman–Crippen MR) is 55.5 cm³/mol. The summed E-state index contributed by atoms with van der Waals surface area (Å²) in [4.78, 5) is 1.85. The van der Waals surface area contributed by atoms with Crippen LogP contribution in [0.5, 0.6) is 0 Å². The molecule has 0 saturated carbocycles. The van der Waals surface area contributed by atoms with E-state index in [1.54, 1.807) is 0 Å². The lowest BCUT2D eigenvalue weighted by Gasteiger charge is -2.09. The lowest BCUT2D eigenvalue weighted by atomic mass is 10.3. The van der Waals surface area contributed by atoms with Crippen LogP contribution < -0.4 is 0 Å². The minimum absolute atomic E-state index is 0.0204. The molecule has 0 N–H and O–H groups in total. The highest BCUT2D eigenvalue weighted by Gasteiger charge is 2.37. The molecule has 0 fully saturated rings. The summed E-state index contributed by atoms with van der Waals surface area (Å²) < 4.78 is 38.7. The number of rotatable bonds is 3. The van der Waals surface area contributed by atoms with E-state index in [2.05, 4.69) is 5.10 Å². The Hall–Kier alpha value is -0.750. The third-order valence-corrected chi connectivity index (χ3v) is 2.62. The van der Waals surface area contributed by atoms with Gasteiger partial charge in [0.05, 0.1) is 6.54 Å². The minimum atomic E-state index is -4.45. The van der Waals surface area contributed by atoms with Crippen molar-refractivity contribution in [3.63, 3.8) is 0 Å². The van der Waals surface area contributed by atoms with E-state index in [1.165, 1.54) is 11.6 Å². The van der Waals surface area contributed by atoms with Crippen molar-refractivity contribution in [1.82, 2.24) is 14.7 Å². The summed E-state index contributed by atoms with van der Waals surface area (Å²) >= 11 is 5.79. The Balaban J connectivity index is 2.96. The van der Waals surface area contributed by atoms with Gasteiger partial charge in [-0.1, -0.05) is 11.6 Å². The fourth-order valence-corrected chi connectivity index (χ4v) is 1.45. The second-order valence-corrected chi connectivity index (χ2v) is 4.15. The molecule has 0 radical (unpaired) electrons. The zero-order valence-corrected chi connectivity index (χ0v) is 10.0. The average molecular weight is 256 g/mol. The molecule has 16 heavy (non-hydrogen) atoms. The number of aromatic nitrogens is 2. The summed E-state index contributed by atoms with van der Waals surface area (Å²) in [6.45, 7) is 2.24. The highest BCUT2D eigenvalue weighted by molar-refractivity contribution is 6.30. The highest BCUT2D eigenvalue weighted by Crippen LogP contribution is 2.33. The van der Waals surface area contributed by atoms with Gasteiger partial charge in [0.15, 0.2) is 5.69 Å². The van der Waals surface area contributed by atoms with Crippen molar-refractivity contribution >= 4 is 11.6 Å². The first-order chi connectivity index (χ1) is 7.23. The number of nitrogens with zero attached hydrogens (tertiary/aromatic N) is 3. The van der Waals surface area contributed by atoms with Crippen molar-refractivity contribution in [2.24, 2.45) is 0 Å². The van der Waals surface area contributed by atoms with E-state index in [1.807, 2.05) is 19.0 Å². The van der Waals surface area contributed by atoms with Gasteiger partial charge in [-0.3, -0.25) is 4.68 Å². The Labute approximate surface area is 96.8 Å². The summed E-state index contributed by atoms with van der Waals surface area (Å²) in [5.74, 6) is 0. The monoisotopic (exact) mass is 255 g/mol. The van der Waals surface area contributed by atoms with Gasteiger partial charge in [0.2, 0.25) is 0 Å². The second kappa shape index (κ2) is 4.63. The fraction of sp³-hybridized carbons (Fsp3) is 0.667. The molecule has 0 aromatic carbocycles. The maximum Gasteiger partial charge on any atom is 0.435 e. The summed E-state index contributed by atoms with van der Waals surface area (Å²) in [7, 11) is 3.66. The van der Waals surface area contributed by atoms with E-state index in [-0.39, 0.29) is 10.7 Å². The first-order valence-corrected chi connectivity index (χ1v) is 5.06. The number of likely N-dealkylation sites (N-methyl/N-ethyl adjacent to an activating group) is 1. The van der Waals surface area contributed by atoms with Crippen LogP contribution in [0, 0.1) is 6.92 Å². The zero-order valence-electron chi connectivity index (χ0n) is 9.27. The average Bonchev–Trinajstić information content (AvgIpc) is 2.40. The number of alkyl halides is 3. The molecule has 7 heteroatoms. The van der Waals surface area contributed by atoms with Crippen LogP contribution in [0.25, 0.3) is 0 Å². The lowest BCUT2D eigenvalue weighted by molar-refractivity contribution is -0.141. The summed E-state index contributed by atoms with van der Waals surface area (Å²) in [5.41, 5.74) is -0.927. The number of halogens is 4. The first kappa shape index (κ1) is 13.3. The quantitative estimate of drug-likeness (QED) is 0.827. The van der Waals surface area contributed by atoms with Crippen molar-refractivity contribution in [1.29, 1.82) is 0 Å². The van der Waals surface area contributed by atoms with Crippen molar-refractivity contribution in [2.45, 2.75) is 19.6 Å². The summed E-state index contributed by atoms with van der Waals surface area (Å²) in [6.07, 6.45) is -4.45. The van der Waals surface area contributed by atoms with E-state index in [0.29, 0.717) is 13.1 Å². The maximum absolute atomic E-state index is 12.5. The smallest absolute Gasteiger partial charge is 0.308 e. The molecule has 0 unspecified atom stereocenters. The van der Waals surface area contributed by atoms with E-state index in [4.69, 9.17) is 11.6 Å². The van der Waals surface area contributed by atoms with Gasteiger partial charge in [0, 0.05) is 12.1 Å². The predicted octanol–water partition coefficient (Wildman–Crippen LogP) is 2.43. The third kappa shape index (κ3) is 2.89. The van der Waals surface area contributed by atoms with Crippen LogP contribution in [0.2, 0.25) is 5.15 Å². The van der Waals surface area contributed by atoms with Crippen LogP contribution in [0.1, 0.15) is 11.3 Å². The Morgan fingerprint density at radius 2 is 1.94 bits per heavy atom. The molecular formula is C9H13ClF3N3. The minimum Gasteiger partial charge on any atom is -0.308 e. The van der Waals surface area contributed by atoms with Crippen LogP contribution in [-0.2, 0) is 12.7 Å². The summed E-state index contributed by atoms with van der Waals surface area (Å²) in [5, 5.41) is 3.54. The maximum atomic E-state index is 12.5. The van der Waals surface area contributed by atoms with Gasteiger partial charge in [-0.05, 0) is 21.0 Å². The van der Waals surface area contributed by atoms with Gasteiger partial charge >= 0.3 is 6.18 Å². The Morgan fingerprint density at radius 3 is 2.31 bits per heavy atom. The standard InChI is InChI=1S/C9H13ClF3N3/c1-6-7(9(11,12)13)14-16(8(6)10)5-4-15(2)3/h4-5H2,1-3H3. The van der Waals surface area contributed by atoms with Crippen LogP contribution in [0.4, 0.5) is 13.2 Å². The van der Waals surface area contributed by atoms with Crippen LogP contribution in [0.15, 0.2) is 0 Å². The molecule has 0 atom stereocenters. The molecule has 0 spiro atoms. The second-order valence-electron chi connectivity index (χ2n) is 3.79. The molecule has 1 rings (SSSR count). The van der Waals surface area contributed by atoms with Gasteiger partial charge in [0.1, 0.15) is 5.15 Å². The van der Waals surface area contributed by atoms with Crippen molar-refractivity contribution < 1.29 is 13.2 Å². The number of hydrogen-bond acceptors (Lipinski definition) is 2. The van der Waals surface area contributed by atoms with E-state index in [9.17, 15) is 13.2 Å². The fourth-order valence-electron chi connectivity index (χ4n) is 1.24. The topological polar surface area (TPSA) is 21.1 Å². The Bertz CT molecular complexity index is 371. The summed E-state index contributed by atoms with van der Waals surface area (Å²) in [6, 6.07) is 0. The van der Waals surface area contributed by atoms with E-state index < -0.39 is 11.9 Å². The first-order valence-electron chi connectivity index (χ1n) is 4.68. The van der Waals surface area contributed by atoms with Gasteiger partial charge in [-0.15, -0.1) is 0 Å². The van der Waals surface area contributed by atoms with Crippen LogP contribution in [0.3, 0.4) is 0 Å². The van der Waals surface area contributed by atoms with Gasteiger partial charge in [0.25, 0.3) is 0 Å². The molecule has 1 heterocycles. The molecule has 1 aromatic rings. The third-order valence-electron chi connectivity index (χ3n) is 2.14. The van der Waals surface area contributed by atoms with E-state index in [0.717, 1.165) is 0 Å². The molecule has 0 amide bonds. The van der Waals surface area contributed by atoms with Gasteiger partial charge in [-0.2, -0.15) is 18.3 Å². The normalized spacial score (nSPS) is 12.5. The molecule has 0 bridgehead atoms. The largest absolute Gasteiger partial charge is 0.435 e. The van der Waals surface area contributed by atoms with Crippen LogP contribution in [-0.4, -0.2) is 35.3 Å². The SMILES string of the molecule is Cc1c(C(F)(F)F)nn(CCN(C)C)c1Cl.